The summed E-state index contributed by atoms with van der Waals surface area (Å²) in [5.41, 5.74) is 1.69. The minimum atomic E-state index is 0.191. The summed E-state index contributed by atoms with van der Waals surface area (Å²) >= 11 is 6.07. The molecule has 0 bridgehead atoms. The van der Waals surface area contributed by atoms with Gasteiger partial charge in [0.1, 0.15) is 17.2 Å². The molecule has 0 aliphatic rings. The minimum absolute atomic E-state index is 0.191. The maximum Gasteiger partial charge on any atom is 0.127 e. The first-order valence-electron chi connectivity index (χ1n) is 6.53. The van der Waals surface area contributed by atoms with Crippen LogP contribution in [0.15, 0.2) is 36.4 Å². The summed E-state index contributed by atoms with van der Waals surface area (Å²) in [6, 6.07) is 10.8. The number of aromatic hydroxyl groups is 1. The average Bonchev–Trinajstić information content (AvgIpc) is 2.50. The van der Waals surface area contributed by atoms with Gasteiger partial charge in [-0.25, -0.2) is 0 Å². The zero-order valence-electron chi connectivity index (χ0n) is 12.0. The molecule has 0 radical (unpaired) electrons. The smallest absolute Gasteiger partial charge is 0.127 e. The van der Waals surface area contributed by atoms with Crippen molar-refractivity contribution < 1.29 is 14.6 Å². The van der Waals surface area contributed by atoms with Gasteiger partial charge < -0.3 is 19.9 Å². The number of phenolic OH excluding ortho intramolecular Hbond substituents is 1. The molecule has 112 valence electrons. The molecule has 2 N–H and O–H groups in total. The van der Waals surface area contributed by atoms with E-state index in [0.717, 1.165) is 17.1 Å². The van der Waals surface area contributed by atoms with Crippen molar-refractivity contribution in [1.82, 2.24) is 5.32 Å². The molecule has 0 spiro atoms. The zero-order chi connectivity index (χ0) is 15.2. The number of hydrogen-bond acceptors (Lipinski definition) is 4. The van der Waals surface area contributed by atoms with Gasteiger partial charge in [0.2, 0.25) is 0 Å². The van der Waals surface area contributed by atoms with Crippen molar-refractivity contribution in [2.24, 2.45) is 0 Å². The number of phenols is 1. The quantitative estimate of drug-likeness (QED) is 0.859. The molecule has 4 nitrogen and oxygen atoms in total. The molecule has 0 aliphatic heterocycles. The molecular formula is C16H18ClNO3. The highest BCUT2D eigenvalue weighted by Crippen LogP contribution is 2.26. The van der Waals surface area contributed by atoms with Crippen molar-refractivity contribution in [3.05, 3.63) is 52.5 Å². The first-order chi connectivity index (χ1) is 10.2. The van der Waals surface area contributed by atoms with E-state index < -0.39 is 0 Å². The summed E-state index contributed by atoms with van der Waals surface area (Å²) in [6.45, 7) is 1.07. The molecule has 2 aromatic carbocycles. The molecule has 0 saturated heterocycles. The molecule has 0 fully saturated rings. The standard InChI is InChI=1S/C16H18ClNO3/c1-20-12-7-6-11(16(8-12)21-2)9-18-10-13-14(17)4-3-5-15(13)19/h3-8,18-19H,9-10H2,1-2H3. The third-order valence-electron chi connectivity index (χ3n) is 3.21. The van der Waals surface area contributed by atoms with Crippen LogP contribution in [-0.4, -0.2) is 19.3 Å². The van der Waals surface area contributed by atoms with Crippen molar-refractivity contribution in [1.29, 1.82) is 0 Å². The van der Waals surface area contributed by atoms with E-state index in [1.165, 1.54) is 0 Å². The minimum Gasteiger partial charge on any atom is -0.508 e. The Balaban J connectivity index is 2.03. The van der Waals surface area contributed by atoms with E-state index in [2.05, 4.69) is 5.32 Å². The van der Waals surface area contributed by atoms with E-state index in [-0.39, 0.29) is 5.75 Å². The van der Waals surface area contributed by atoms with E-state index in [1.54, 1.807) is 32.4 Å². The van der Waals surface area contributed by atoms with Crippen molar-refractivity contribution in [2.75, 3.05) is 14.2 Å². The van der Waals surface area contributed by atoms with Gasteiger partial charge in [-0.2, -0.15) is 0 Å². The molecule has 5 heteroatoms. The Hall–Kier alpha value is -1.91. The van der Waals surface area contributed by atoms with E-state index in [0.29, 0.717) is 23.7 Å². The van der Waals surface area contributed by atoms with Crippen LogP contribution in [0, 0.1) is 0 Å². The number of benzene rings is 2. The van der Waals surface area contributed by atoms with Crippen LogP contribution >= 0.6 is 11.6 Å². The Bertz CT molecular complexity index is 596. The number of rotatable bonds is 6. The van der Waals surface area contributed by atoms with E-state index in [9.17, 15) is 5.11 Å². The van der Waals surface area contributed by atoms with Gasteiger partial charge in [0.15, 0.2) is 0 Å². The molecule has 0 saturated carbocycles. The summed E-state index contributed by atoms with van der Waals surface area (Å²) in [7, 11) is 3.24. The van der Waals surface area contributed by atoms with Crippen molar-refractivity contribution in [3.63, 3.8) is 0 Å². The molecule has 0 atom stereocenters. The zero-order valence-corrected chi connectivity index (χ0v) is 12.8. The van der Waals surface area contributed by atoms with Crippen LogP contribution in [0.25, 0.3) is 0 Å². The fraction of sp³-hybridized carbons (Fsp3) is 0.250. The Morgan fingerprint density at radius 1 is 1.10 bits per heavy atom. The average molecular weight is 308 g/mol. The van der Waals surface area contributed by atoms with Gasteiger partial charge in [-0.15, -0.1) is 0 Å². The normalized spacial score (nSPS) is 10.4. The van der Waals surface area contributed by atoms with E-state index in [4.69, 9.17) is 21.1 Å². The second-order valence-electron chi connectivity index (χ2n) is 4.52. The monoisotopic (exact) mass is 307 g/mol. The molecule has 0 heterocycles. The van der Waals surface area contributed by atoms with Gasteiger partial charge >= 0.3 is 0 Å². The van der Waals surface area contributed by atoms with Gasteiger partial charge in [0.05, 0.1) is 14.2 Å². The molecular weight excluding hydrogens is 290 g/mol. The summed E-state index contributed by atoms with van der Waals surface area (Å²) < 4.78 is 10.5. The van der Waals surface area contributed by atoms with Crippen LogP contribution in [-0.2, 0) is 13.1 Å². The Labute approximate surface area is 129 Å². The predicted molar refractivity (Wildman–Crippen MR) is 83.2 cm³/mol. The van der Waals surface area contributed by atoms with Crippen molar-refractivity contribution in [2.45, 2.75) is 13.1 Å². The highest BCUT2D eigenvalue weighted by Gasteiger charge is 2.08. The molecule has 21 heavy (non-hydrogen) atoms. The predicted octanol–water partition coefficient (Wildman–Crippen LogP) is 3.35. The lowest BCUT2D eigenvalue weighted by Gasteiger charge is -2.12. The lowest BCUT2D eigenvalue weighted by atomic mass is 10.1. The van der Waals surface area contributed by atoms with Crippen molar-refractivity contribution >= 4 is 11.6 Å². The fourth-order valence-corrected chi connectivity index (χ4v) is 2.28. The van der Waals surface area contributed by atoms with Crippen LogP contribution in [0.3, 0.4) is 0 Å². The molecule has 0 aromatic heterocycles. The molecule has 0 aliphatic carbocycles. The van der Waals surface area contributed by atoms with E-state index >= 15 is 0 Å². The third kappa shape index (κ3) is 3.80. The van der Waals surface area contributed by atoms with Crippen LogP contribution in [0.1, 0.15) is 11.1 Å². The number of methoxy groups -OCH3 is 2. The van der Waals surface area contributed by atoms with E-state index in [1.807, 2.05) is 18.2 Å². The highest BCUT2D eigenvalue weighted by atomic mass is 35.5. The number of nitrogens with one attached hydrogen (secondary N) is 1. The Kier molecular flexibility index (Phi) is 5.31. The molecule has 0 unspecified atom stereocenters. The van der Waals surface area contributed by atoms with Crippen LogP contribution in [0.4, 0.5) is 0 Å². The molecule has 2 aromatic rings. The lowest BCUT2D eigenvalue weighted by Crippen LogP contribution is -2.14. The number of halogens is 1. The van der Waals surface area contributed by atoms with Gasteiger partial charge in [-0.05, 0) is 18.2 Å². The van der Waals surface area contributed by atoms with Gasteiger partial charge in [0, 0.05) is 35.3 Å². The largest absolute Gasteiger partial charge is 0.508 e. The van der Waals surface area contributed by atoms with Crippen LogP contribution in [0.2, 0.25) is 5.02 Å². The summed E-state index contributed by atoms with van der Waals surface area (Å²) in [4.78, 5) is 0. The van der Waals surface area contributed by atoms with Gasteiger partial charge in [-0.3, -0.25) is 0 Å². The first-order valence-corrected chi connectivity index (χ1v) is 6.91. The summed E-state index contributed by atoms with van der Waals surface area (Å²) in [5.74, 6) is 1.70. The summed E-state index contributed by atoms with van der Waals surface area (Å²) in [6.07, 6.45) is 0. The first kappa shape index (κ1) is 15.5. The summed E-state index contributed by atoms with van der Waals surface area (Å²) in [5, 5.41) is 13.6. The maximum atomic E-state index is 9.79. The van der Waals surface area contributed by atoms with Crippen molar-refractivity contribution in [3.8, 4) is 17.2 Å². The Morgan fingerprint density at radius 2 is 1.90 bits per heavy atom. The Morgan fingerprint density at radius 3 is 2.57 bits per heavy atom. The maximum absolute atomic E-state index is 9.79. The second-order valence-corrected chi connectivity index (χ2v) is 4.93. The van der Waals surface area contributed by atoms with Crippen LogP contribution in [0.5, 0.6) is 17.2 Å². The molecule has 0 amide bonds. The second kappa shape index (κ2) is 7.20. The highest BCUT2D eigenvalue weighted by molar-refractivity contribution is 6.31. The van der Waals surface area contributed by atoms with Gasteiger partial charge in [-0.1, -0.05) is 23.7 Å². The number of hydrogen-bond donors (Lipinski definition) is 2. The lowest BCUT2D eigenvalue weighted by molar-refractivity contribution is 0.389. The fourth-order valence-electron chi connectivity index (χ4n) is 2.04. The molecule has 2 rings (SSSR count). The third-order valence-corrected chi connectivity index (χ3v) is 3.56. The number of ether oxygens (including phenoxy) is 2. The SMILES string of the molecule is COc1ccc(CNCc2c(O)cccc2Cl)c(OC)c1. The van der Waals surface area contributed by atoms with Gasteiger partial charge in [0.25, 0.3) is 0 Å². The van der Waals surface area contributed by atoms with Crippen LogP contribution < -0.4 is 14.8 Å². The topological polar surface area (TPSA) is 50.7 Å².